The van der Waals surface area contributed by atoms with Crippen molar-refractivity contribution in [3.05, 3.63) is 29.5 Å². The first kappa shape index (κ1) is 11.6. The van der Waals surface area contributed by atoms with E-state index in [1.54, 1.807) is 6.92 Å². The minimum atomic E-state index is -0.769. The molecule has 1 aromatic heterocycles. The number of rotatable bonds is 3. The van der Waals surface area contributed by atoms with Gasteiger partial charge in [-0.15, -0.1) is 0 Å². The number of carboxylic acids is 1. The fraction of sp³-hybridized carbons (Fsp3) is 0.385. The molecule has 4 nitrogen and oxygen atoms in total. The lowest BCUT2D eigenvalue weighted by molar-refractivity contribution is -0.141. The lowest BCUT2D eigenvalue weighted by Gasteiger charge is -2.06. The van der Waals surface area contributed by atoms with Gasteiger partial charge in [-0.3, -0.25) is 9.48 Å². The van der Waals surface area contributed by atoms with Crippen molar-refractivity contribution in [1.29, 1.82) is 0 Å². The Balaban J connectivity index is 2.48. The first-order valence-corrected chi connectivity index (χ1v) is 5.64. The Bertz CT molecular complexity index is 572. The molecule has 0 saturated heterocycles. The zero-order valence-electron chi connectivity index (χ0n) is 10.3. The van der Waals surface area contributed by atoms with Gasteiger partial charge in [0.15, 0.2) is 0 Å². The number of fused-ring (bicyclic) bond motifs is 1. The highest BCUT2D eigenvalue weighted by Gasteiger charge is 2.15. The first-order valence-electron chi connectivity index (χ1n) is 5.64. The van der Waals surface area contributed by atoms with E-state index >= 15 is 0 Å². The summed E-state index contributed by atoms with van der Waals surface area (Å²) >= 11 is 0. The quantitative estimate of drug-likeness (QED) is 0.882. The number of hydrogen-bond donors (Lipinski definition) is 1. The molecule has 2 rings (SSSR count). The van der Waals surface area contributed by atoms with Crippen LogP contribution in [0.2, 0.25) is 0 Å². The molecule has 1 aromatic carbocycles. The zero-order chi connectivity index (χ0) is 12.6. The maximum absolute atomic E-state index is 10.9. The van der Waals surface area contributed by atoms with Gasteiger partial charge in [0.05, 0.1) is 11.4 Å². The molecule has 0 aliphatic heterocycles. The number of hydrogen-bond acceptors (Lipinski definition) is 2. The number of benzene rings is 1. The van der Waals surface area contributed by atoms with Gasteiger partial charge in [0.1, 0.15) is 0 Å². The van der Waals surface area contributed by atoms with E-state index in [-0.39, 0.29) is 5.92 Å². The van der Waals surface area contributed by atoms with Crippen molar-refractivity contribution in [2.24, 2.45) is 13.0 Å². The van der Waals surface area contributed by atoms with Crippen molar-refractivity contribution in [2.45, 2.75) is 20.3 Å². The van der Waals surface area contributed by atoms with Gasteiger partial charge in [-0.1, -0.05) is 25.1 Å². The van der Waals surface area contributed by atoms with E-state index in [2.05, 4.69) is 5.10 Å². The van der Waals surface area contributed by atoms with Crippen LogP contribution in [0, 0.1) is 12.8 Å². The van der Waals surface area contributed by atoms with Gasteiger partial charge >= 0.3 is 5.97 Å². The normalized spacial score (nSPS) is 12.9. The van der Waals surface area contributed by atoms with Gasteiger partial charge in [0, 0.05) is 18.1 Å². The van der Waals surface area contributed by atoms with Crippen molar-refractivity contribution < 1.29 is 9.90 Å². The Kier molecular flexibility index (Phi) is 2.88. The molecule has 1 heterocycles. The number of nitrogens with zero attached hydrogens (tertiary/aromatic N) is 2. The van der Waals surface area contributed by atoms with Gasteiger partial charge in [-0.2, -0.15) is 5.10 Å². The van der Waals surface area contributed by atoms with Gasteiger partial charge in [0.25, 0.3) is 0 Å². The Hall–Kier alpha value is -1.84. The van der Waals surface area contributed by atoms with E-state index in [1.165, 1.54) is 0 Å². The van der Waals surface area contributed by atoms with Crippen LogP contribution in [0.1, 0.15) is 18.2 Å². The molecular weight excluding hydrogens is 216 g/mol. The van der Waals surface area contributed by atoms with E-state index in [1.807, 2.05) is 36.9 Å². The fourth-order valence-electron chi connectivity index (χ4n) is 1.98. The summed E-state index contributed by atoms with van der Waals surface area (Å²) in [4.78, 5) is 10.9. The minimum absolute atomic E-state index is 0.386. The molecule has 4 heteroatoms. The Labute approximate surface area is 99.9 Å². The molecular formula is C13H16N2O2. The van der Waals surface area contributed by atoms with Crippen molar-refractivity contribution in [1.82, 2.24) is 9.78 Å². The van der Waals surface area contributed by atoms with Crippen LogP contribution in [0.5, 0.6) is 0 Å². The summed E-state index contributed by atoms with van der Waals surface area (Å²) in [5.74, 6) is -1.16. The second-order valence-corrected chi connectivity index (χ2v) is 4.47. The first-order chi connectivity index (χ1) is 8.00. The maximum Gasteiger partial charge on any atom is 0.306 e. The molecule has 0 spiro atoms. The standard InChI is InChI=1S/C13H16N2O2/c1-8(13(16)17)7-10-5-4-6-11-9(2)15(3)14-12(10)11/h4-6,8H,7H2,1-3H3,(H,16,17). The van der Waals surface area contributed by atoms with E-state index < -0.39 is 5.97 Å². The summed E-state index contributed by atoms with van der Waals surface area (Å²) in [6, 6.07) is 5.93. The van der Waals surface area contributed by atoms with Gasteiger partial charge in [-0.05, 0) is 18.9 Å². The summed E-state index contributed by atoms with van der Waals surface area (Å²) in [6.07, 6.45) is 0.517. The zero-order valence-corrected chi connectivity index (χ0v) is 10.3. The predicted molar refractivity (Wildman–Crippen MR) is 66.0 cm³/mol. The third kappa shape index (κ3) is 2.02. The van der Waals surface area contributed by atoms with Crippen LogP contribution < -0.4 is 0 Å². The number of carbonyl (C=O) groups is 1. The van der Waals surface area contributed by atoms with Crippen molar-refractivity contribution in [3.8, 4) is 0 Å². The highest BCUT2D eigenvalue weighted by atomic mass is 16.4. The molecule has 0 fully saturated rings. The fourth-order valence-corrected chi connectivity index (χ4v) is 1.98. The van der Waals surface area contributed by atoms with Gasteiger partial charge in [0.2, 0.25) is 0 Å². The molecule has 0 amide bonds. The lowest BCUT2D eigenvalue weighted by atomic mass is 9.99. The van der Waals surface area contributed by atoms with E-state index in [9.17, 15) is 4.79 Å². The molecule has 0 radical (unpaired) electrons. The van der Waals surface area contributed by atoms with Crippen LogP contribution in [0.15, 0.2) is 18.2 Å². The Morgan fingerprint density at radius 2 is 2.24 bits per heavy atom. The second-order valence-electron chi connectivity index (χ2n) is 4.47. The van der Waals surface area contributed by atoms with E-state index in [0.29, 0.717) is 6.42 Å². The third-order valence-electron chi connectivity index (χ3n) is 3.19. The van der Waals surface area contributed by atoms with Crippen LogP contribution >= 0.6 is 0 Å². The summed E-state index contributed by atoms with van der Waals surface area (Å²) in [6.45, 7) is 3.73. The third-order valence-corrected chi connectivity index (χ3v) is 3.19. The molecule has 90 valence electrons. The van der Waals surface area contributed by atoms with Crippen LogP contribution in [0.4, 0.5) is 0 Å². The summed E-state index contributed by atoms with van der Waals surface area (Å²) in [5, 5.41) is 14.5. The Morgan fingerprint density at radius 3 is 2.88 bits per heavy atom. The second kappa shape index (κ2) is 4.20. The lowest BCUT2D eigenvalue weighted by Crippen LogP contribution is -2.12. The molecule has 1 atom stereocenters. The van der Waals surface area contributed by atoms with Crippen LogP contribution in [0.3, 0.4) is 0 Å². The summed E-state index contributed by atoms with van der Waals surface area (Å²) < 4.78 is 1.83. The van der Waals surface area contributed by atoms with Crippen molar-refractivity contribution in [3.63, 3.8) is 0 Å². The SMILES string of the molecule is Cc1c2cccc(CC(C)C(=O)O)c2nn1C. The number of aryl methyl sites for hydroxylation is 2. The van der Waals surface area contributed by atoms with Crippen LogP contribution in [0.25, 0.3) is 10.9 Å². The van der Waals surface area contributed by atoms with E-state index in [4.69, 9.17) is 5.11 Å². The average molecular weight is 232 g/mol. The highest BCUT2D eigenvalue weighted by Crippen LogP contribution is 2.22. The van der Waals surface area contributed by atoms with Crippen LogP contribution in [-0.4, -0.2) is 20.9 Å². The maximum atomic E-state index is 10.9. The Morgan fingerprint density at radius 1 is 1.53 bits per heavy atom. The molecule has 0 bridgehead atoms. The van der Waals surface area contributed by atoms with Crippen molar-refractivity contribution in [2.75, 3.05) is 0 Å². The largest absolute Gasteiger partial charge is 0.481 e. The van der Waals surface area contributed by atoms with Crippen molar-refractivity contribution >= 4 is 16.9 Å². The van der Waals surface area contributed by atoms with Gasteiger partial charge < -0.3 is 5.11 Å². The molecule has 1 N–H and O–H groups in total. The molecule has 1 unspecified atom stereocenters. The summed E-state index contributed by atoms with van der Waals surface area (Å²) in [5.41, 5.74) is 3.02. The predicted octanol–water partition coefficient (Wildman–Crippen LogP) is 2.14. The molecule has 0 aliphatic carbocycles. The average Bonchev–Trinajstić information content (AvgIpc) is 2.57. The monoisotopic (exact) mass is 232 g/mol. The van der Waals surface area contributed by atoms with Crippen LogP contribution in [-0.2, 0) is 18.3 Å². The van der Waals surface area contributed by atoms with E-state index in [0.717, 1.165) is 22.2 Å². The minimum Gasteiger partial charge on any atom is -0.481 e. The summed E-state index contributed by atoms with van der Waals surface area (Å²) in [7, 11) is 1.90. The number of aromatic nitrogens is 2. The molecule has 0 aliphatic rings. The molecule has 0 saturated carbocycles. The number of carboxylic acid groups (broad SMARTS) is 1. The molecule has 17 heavy (non-hydrogen) atoms. The number of aliphatic carboxylic acids is 1. The smallest absolute Gasteiger partial charge is 0.306 e. The highest BCUT2D eigenvalue weighted by molar-refractivity contribution is 5.85. The van der Waals surface area contributed by atoms with Gasteiger partial charge in [-0.25, -0.2) is 0 Å². The molecule has 2 aromatic rings. The topological polar surface area (TPSA) is 55.1 Å².